The fourth-order valence-electron chi connectivity index (χ4n) is 4.40. The Bertz CT molecular complexity index is 1470. The summed E-state index contributed by atoms with van der Waals surface area (Å²) in [4.78, 5) is 52.5. The molecule has 2 amide bonds. The number of thioether (sulfide) groups is 2. The molecule has 1 N–H and O–H groups in total. The third-order valence-corrected chi connectivity index (χ3v) is 9.48. The van der Waals surface area contributed by atoms with Gasteiger partial charge in [-0.1, -0.05) is 41.3 Å². The van der Waals surface area contributed by atoms with Gasteiger partial charge in [-0.05, 0) is 36.9 Å². The molecular formula is C24H22N5NaO6S3. The Labute approximate surface area is 258 Å². The molecule has 5 rings (SSSR count). The largest absolute Gasteiger partial charge is 1.00 e. The van der Waals surface area contributed by atoms with E-state index in [2.05, 4.69) is 15.5 Å². The number of hydrogen-bond acceptors (Lipinski definition) is 11. The number of rotatable bonds is 9. The van der Waals surface area contributed by atoms with Crippen LogP contribution in [0, 0.1) is 6.92 Å². The molecule has 39 heavy (non-hydrogen) atoms. The molecule has 0 aliphatic carbocycles. The number of para-hydroxylation sites is 1. The summed E-state index contributed by atoms with van der Waals surface area (Å²) in [6.45, 7) is 3.54. The minimum Gasteiger partial charge on any atom is -0.543 e. The number of esters is 1. The van der Waals surface area contributed by atoms with Crippen LogP contribution >= 0.6 is 34.9 Å². The normalized spacial score (nSPS) is 19.1. The summed E-state index contributed by atoms with van der Waals surface area (Å²) in [7, 11) is 0. The van der Waals surface area contributed by atoms with Crippen molar-refractivity contribution in [3.8, 4) is 0 Å². The number of aryl methyl sites for hydroxylation is 1. The number of carboxylic acid groups (broad SMARTS) is 1. The van der Waals surface area contributed by atoms with Crippen LogP contribution in [0.4, 0.5) is 0 Å². The number of benzene rings is 1. The first-order valence-corrected chi connectivity index (χ1v) is 14.5. The molecule has 1 aromatic carbocycles. The molecule has 4 heterocycles. The number of hydrogen-bond donors (Lipinski definition) is 1. The van der Waals surface area contributed by atoms with E-state index < -0.39 is 41.2 Å². The first-order chi connectivity index (χ1) is 18.3. The molecule has 0 spiro atoms. The minimum atomic E-state index is -1.46. The summed E-state index contributed by atoms with van der Waals surface area (Å²) in [5, 5.41) is 23.7. The van der Waals surface area contributed by atoms with E-state index in [9.17, 15) is 24.3 Å². The molecular weight excluding hydrogens is 573 g/mol. The van der Waals surface area contributed by atoms with Crippen molar-refractivity contribution in [2.24, 2.45) is 0 Å². The molecule has 2 aliphatic rings. The van der Waals surface area contributed by atoms with Crippen LogP contribution in [0.5, 0.6) is 0 Å². The number of β-lactam (4-membered cyclic amide) rings is 1. The van der Waals surface area contributed by atoms with Gasteiger partial charge in [-0.3, -0.25) is 14.5 Å². The number of carboxylic acids is 1. The van der Waals surface area contributed by atoms with Gasteiger partial charge in [0.15, 0.2) is 4.34 Å². The molecule has 3 atom stereocenters. The number of aromatic nitrogens is 3. The summed E-state index contributed by atoms with van der Waals surface area (Å²) in [6, 6.07) is 6.69. The molecule has 1 saturated heterocycles. The van der Waals surface area contributed by atoms with E-state index in [4.69, 9.17) is 4.74 Å². The van der Waals surface area contributed by atoms with Gasteiger partial charge in [0.2, 0.25) is 6.04 Å². The van der Waals surface area contributed by atoms with Gasteiger partial charge in [-0.2, -0.15) is 0 Å². The van der Waals surface area contributed by atoms with Gasteiger partial charge in [-0.25, -0.2) is 4.79 Å². The number of nitrogens with zero attached hydrogens (tertiary/aromatic N) is 4. The van der Waals surface area contributed by atoms with Crippen LogP contribution in [-0.4, -0.2) is 72.9 Å². The standard InChI is InChI=1S/C24H23N5O6S3.Na/c1-3-35-23(34)18(28-9-8-13-6-4-5-7-15(13)28)19(30)25-16-20(31)29-17(22(32)33)14(10-36-21(16)29)11-37-24-27-26-12(2)38-24;/h4-9,16,18,21H,3,10-11H2,1-2H3,(H,25,30)(H,32,33);/q;+1/p-1. The number of carbonyl (C=O) groups excluding carboxylic acids is 4. The summed E-state index contributed by atoms with van der Waals surface area (Å²) in [6.07, 6.45) is 1.62. The Morgan fingerprint density at radius 1 is 1.26 bits per heavy atom. The molecule has 15 heteroatoms. The van der Waals surface area contributed by atoms with E-state index in [1.54, 1.807) is 31.3 Å². The number of nitrogens with one attached hydrogen (secondary N) is 1. The number of carbonyl (C=O) groups is 4. The van der Waals surface area contributed by atoms with Gasteiger partial charge >= 0.3 is 35.5 Å². The van der Waals surface area contributed by atoms with Gasteiger partial charge < -0.3 is 24.5 Å². The summed E-state index contributed by atoms with van der Waals surface area (Å²) in [5.74, 6) is -2.87. The topological polar surface area (TPSA) is 147 Å². The predicted octanol–water partition coefficient (Wildman–Crippen LogP) is -1.89. The Morgan fingerprint density at radius 3 is 2.72 bits per heavy atom. The van der Waals surface area contributed by atoms with Crippen LogP contribution in [0.3, 0.4) is 0 Å². The van der Waals surface area contributed by atoms with Crippen molar-refractivity contribution in [1.29, 1.82) is 0 Å². The van der Waals surface area contributed by atoms with E-state index >= 15 is 0 Å². The molecule has 11 nitrogen and oxygen atoms in total. The number of aliphatic carboxylic acids is 1. The quantitative estimate of drug-likeness (QED) is 0.0979. The smallest absolute Gasteiger partial charge is 0.543 e. The van der Waals surface area contributed by atoms with Gasteiger partial charge in [0.25, 0.3) is 11.8 Å². The van der Waals surface area contributed by atoms with E-state index in [-0.39, 0.29) is 41.9 Å². The summed E-state index contributed by atoms with van der Waals surface area (Å²) >= 11 is 4.08. The molecule has 2 aromatic heterocycles. The SMILES string of the molecule is CCOC(=O)C(C(=O)NC1C(=O)N2C(C(=O)[O-])=C(CSc3nnc(C)s3)CSC12)n1ccc2ccccc21.[Na+]. The van der Waals surface area contributed by atoms with Crippen LogP contribution in [0.2, 0.25) is 0 Å². The third kappa shape index (κ3) is 5.77. The molecule has 0 saturated carbocycles. The first kappa shape index (κ1) is 29.6. The molecule has 0 radical (unpaired) electrons. The predicted molar refractivity (Wildman–Crippen MR) is 140 cm³/mol. The fourth-order valence-corrected chi connectivity index (χ4v) is 7.70. The molecule has 3 unspecified atom stereocenters. The van der Waals surface area contributed by atoms with Crippen molar-refractivity contribution < 1.29 is 58.6 Å². The molecule has 198 valence electrons. The van der Waals surface area contributed by atoms with Gasteiger partial charge in [0.1, 0.15) is 16.4 Å². The maximum absolute atomic E-state index is 13.4. The number of amides is 2. The first-order valence-electron chi connectivity index (χ1n) is 11.6. The maximum atomic E-state index is 13.4. The Morgan fingerprint density at radius 2 is 2.03 bits per heavy atom. The fraction of sp³-hybridized carbons (Fsp3) is 0.333. The zero-order chi connectivity index (χ0) is 27.0. The van der Waals surface area contributed by atoms with Crippen molar-refractivity contribution in [2.45, 2.75) is 35.6 Å². The number of ether oxygens (including phenoxy) is 1. The van der Waals surface area contributed by atoms with Crippen LogP contribution < -0.4 is 40.0 Å². The third-order valence-electron chi connectivity index (χ3n) is 6.08. The van der Waals surface area contributed by atoms with Gasteiger partial charge in [-0.15, -0.1) is 22.0 Å². The second kappa shape index (κ2) is 12.4. The average molecular weight is 596 g/mol. The van der Waals surface area contributed by atoms with E-state index in [1.165, 1.54) is 39.4 Å². The molecule has 1 fully saturated rings. The Hall–Kier alpha value is -2.36. The van der Waals surface area contributed by atoms with Gasteiger partial charge in [0.05, 0.1) is 18.3 Å². The second-order valence-electron chi connectivity index (χ2n) is 8.45. The van der Waals surface area contributed by atoms with Crippen LogP contribution in [0.15, 0.2) is 52.1 Å². The summed E-state index contributed by atoms with van der Waals surface area (Å²) in [5.41, 5.74) is 1.01. The van der Waals surface area contributed by atoms with E-state index in [0.717, 1.165) is 15.3 Å². The van der Waals surface area contributed by atoms with Crippen molar-refractivity contribution in [3.63, 3.8) is 0 Å². The molecule has 2 aliphatic heterocycles. The zero-order valence-corrected chi connectivity index (χ0v) is 25.7. The van der Waals surface area contributed by atoms with Crippen molar-refractivity contribution >= 4 is 69.5 Å². The molecule has 0 bridgehead atoms. The van der Waals surface area contributed by atoms with Crippen LogP contribution in [0.25, 0.3) is 10.9 Å². The average Bonchev–Trinajstić information content (AvgIpc) is 3.51. The Balaban J connectivity index is 0.00000353. The number of fused-ring (bicyclic) bond motifs is 2. The van der Waals surface area contributed by atoms with Crippen molar-refractivity contribution in [2.75, 3.05) is 18.1 Å². The van der Waals surface area contributed by atoms with Crippen LogP contribution in [-0.2, 0) is 23.9 Å². The van der Waals surface area contributed by atoms with E-state index in [1.807, 2.05) is 19.1 Å². The Kier molecular flexibility index (Phi) is 9.45. The van der Waals surface area contributed by atoms with Crippen molar-refractivity contribution in [1.82, 2.24) is 25.0 Å². The van der Waals surface area contributed by atoms with Crippen molar-refractivity contribution in [3.05, 3.63) is 52.8 Å². The zero-order valence-electron chi connectivity index (χ0n) is 21.3. The van der Waals surface area contributed by atoms with Gasteiger partial charge in [0, 0.05) is 23.2 Å². The second-order valence-corrected chi connectivity index (χ2v) is 12.0. The maximum Gasteiger partial charge on any atom is 1.00 e. The van der Waals surface area contributed by atoms with E-state index in [0.29, 0.717) is 26.9 Å². The molecule has 3 aromatic rings. The van der Waals surface area contributed by atoms with Crippen LogP contribution in [0.1, 0.15) is 18.0 Å². The minimum absolute atomic E-state index is 0. The monoisotopic (exact) mass is 595 g/mol. The summed E-state index contributed by atoms with van der Waals surface area (Å²) < 4.78 is 7.37.